The maximum atomic E-state index is 13.1. The number of thiophene rings is 1. The summed E-state index contributed by atoms with van der Waals surface area (Å²) in [5, 5.41) is 10.2. The van der Waals surface area contributed by atoms with E-state index in [1.54, 1.807) is 18.4 Å². The number of aromatic nitrogens is 2. The molecule has 4 aromatic rings. The number of amides is 2. The molecule has 4 rings (SSSR count). The summed E-state index contributed by atoms with van der Waals surface area (Å²) in [5.74, 6) is -0.375. The Balaban J connectivity index is 1.55. The van der Waals surface area contributed by atoms with Gasteiger partial charge in [-0.25, -0.2) is 9.97 Å². The molecule has 2 aromatic heterocycles. The van der Waals surface area contributed by atoms with E-state index in [1.165, 1.54) is 41.9 Å². The molecule has 0 aliphatic carbocycles. The van der Waals surface area contributed by atoms with E-state index < -0.39 is 23.6 Å². The second kappa shape index (κ2) is 9.94. The minimum atomic E-state index is -4.52. The van der Waals surface area contributed by atoms with E-state index >= 15 is 0 Å². The summed E-state index contributed by atoms with van der Waals surface area (Å²) in [6.45, 7) is 5.73. The van der Waals surface area contributed by atoms with Crippen molar-refractivity contribution in [1.29, 1.82) is 0 Å². The van der Waals surface area contributed by atoms with Gasteiger partial charge in [0.25, 0.3) is 11.8 Å². The van der Waals surface area contributed by atoms with Crippen molar-refractivity contribution < 1.29 is 22.8 Å². The zero-order valence-electron chi connectivity index (χ0n) is 19.5. The van der Waals surface area contributed by atoms with Gasteiger partial charge in [-0.1, -0.05) is 12.1 Å². The Labute approximate surface area is 208 Å². The molecular weight excluding hydrogens is 491 g/mol. The van der Waals surface area contributed by atoms with Crippen LogP contribution >= 0.6 is 11.3 Å². The van der Waals surface area contributed by atoms with Crippen molar-refractivity contribution in [3.63, 3.8) is 0 Å². The molecule has 0 saturated heterocycles. The lowest BCUT2D eigenvalue weighted by atomic mass is 10.1. The van der Waals surface area contributed by atoms with Gasteiger partial charge in [0.1, 0.15) is 12.1 Å². The van der Waals surface area contributed by atoms with Crippen molar-refractivity contribution in [3.05, 3.63) is 76.4 Å². The number of carbonyl (C=O) groups excluding carboxylic acids is 2. The third-order valence-electron chi connectivity index (χ3n) is 5.22. The Morgan fingerprint density at radius 2 is 1.78 bits per heavy atom. The van der Waals surface area contributed by atoms with Gasteiger partial charge in [-0.05, 0) is 56.7 Å². The van der Waals surface area contributed by atoms with E-state index in [-0.39, 0.29) is 17.3 Å². The SMILES string of the molecule is Cc1ccc(C(=O)Nc2cccc(C(F)(F)F)c2)cc1NC(=O)c1csc2c(NC(C)C)ncnc12. The summed E-state index contributed by atoms with van der Waals surface area (Å²) in [7, 11) is 0. The van der Waals surface area contributed by atoms with Gasteiger partial charge in [-0.3, -0.25) is 9.59 Å². The number of hydrogen-bond acceptors (Lipinski definition) is 6. The van der Waals surface area contributed by atoms with Crippen molar-refractivity contribution >= 4 is 50.6 Å². The first-order chi connectivity index (χ1) is 17.0. The summed E-state index contributed by atoms with van der Waals surface area (Å²) in [4.78, 5) is 34.3. The Morgan fingerprint density at radius 1 is 1.00 bits per heavy atom. The number of nitrogens with zero attached hydrogens (tertiary/aromatic N) is 2. The molecule has 11 heteroatoms. The Bertz CT molecular complexity index is 1450. The molecule has 0 aliphatic rings. The molecule has 2 heterocycles. The quantitative estimate of drug-likeness (QED) is 0.280. The smallest absolute Gasteiger partial charge is 0.367 e. The van der Waals surface area contributed by atoms with E-state index in [1.807, 2.05) is 13.8 Å². The molecule has 0 fully saturated rings. The van der Waals surface area contributed by atoms with Gasteiger partial charge >= 0.3 is 6.18 Å². The molecule has 7 nitrogen and oxygen atoms in total. The summed E-state index contributed by atoms with van der Waals surface area (Å²) in [5.41, 5.74) is 1.29. The number of hydrogen-bond donors (Lipinski definition) is 3. The highest BCUT2D eigenvalue weighted by Gasteiger charge is 2.30. The highest BCUT2D eigenvalue weighted by atomic mass is 32.1. The summed E-state index contributed by atoms with van der Waals surface area (Å²) < 4.78 is 39.7. The Kier molecular flexibility index (Phi) is 6.93. The van der Waals surface area contributed by atoms with Gasteiger partial charge in [-0.15, -0.1) is 11.3 Å². The molecule has 0 aliphatic heterocycles. The number of rotatable bonds is 6. The van der Waals surface area contributed by atoms with Crippen LogP contribution in [0.3, 0.4) is 0 Å². The molecule has 0 unspecified atom stereocenters. The largest absolute Gasteiger partial charge is 0.416 e. The van der Waals surface area contributed by atoms with E-state index in [9.17, 15) is 22.8 Å². The van der Waals surface area contributed by atoms with Crippen LogP contribution in [0.2, 0.25) is 0 Å². The third-order valence-corrected chi connectivity index (χ3v) is 6.20. The molecule has 3 N–H and O–H groups in total. The van der Waals surface area contributed by atoms with Crippen molar-refractivity contribution in [3.8, 4) is 0 Å². The van der Waals surface area contributed by atoms with E-state index in [0.29, 0.717) is 28.1 Å². The van der Waals surface area contributed by atoms with Crippen LogP contribution in [-0.2, 0) is 6.18 Å². The Morgan fingerprint density at radius 3 is 2.50 bits per heavy atom. The standard InChI is InChI=1S/C25H22F3N5O2S/c1-13(2)31-22-21-20(29-12-30-22)18(11-36-21)24(35)33-19-9-15(8-7-14(19)3)23(34)32-17-6-4-5-16(10-17)25(26,27)28/h4-13H,1-3H3,(H,32,34)(H,33,35)(H,29,30,31). The van der Waals surface area contributed by atoms with Crippen molar-refractivity contribution in [2.75, 3.05) is 16.0 Å². The third kappa shape index (κ3) is 5.46. The topological polar surface area (TPSA) is 96.0 Å². The van der Waals surface area contributed by atoms with Gasteiger partial charge in [0.15, 0.2) is 0 Å². The van der Waals surface area contributed by atoms with Gasteiger partial charge < -0.3 is 16.0 Å². The first-order valence-electron chi connectivity index (χ1n) is 10.9. The number of halogens is 3. The summed E-state index contributed by atoms with van der Waals surface area (Å²) in [6.07, 6.45) is -3.13. The maximum Gasteiger partial charge on any atom is 0.416 e. The normalized spacial score (nSPS) is 11.5. The Hall–Kier alpha value is -3.99. The van der Waals surface area contributed by atoms with Gasteiger partial charge in [0.2, 0.25) is 0 Å². The van der Waals surface area contributed by atoms with Crippen LogP contribution in [0, 0.1) is 6.92 Å². The van der Waals surface area contributed by atoms with Crippen molar-refractivity contribution in [2.45, 2.75) is 33.0 Å². The molecule has 0 atom stereocenters. The molecule has 2 aromatic carbocycles. The lowest BCUT2D eigenvalue weighted by Gasteiger charge is -2.12. The number of benzene rings is 2. The van der Waals surface area contributed by atoms with Crippen LogP contribution in [0.25, 0.3) is 10.2 Å². The second-order valence-electron chi connectivity index (χ2n) is 8.36. The lowest BCUT2D eigenvalue weighted by Crippen LogP contribution is -2.16. The number of aryl methyl sites for hydroxylation is 1. The molecule has 0 bridgehead atoms. The van der Waals surface area contributed by atoms with Crippen molar-refractivity contribution in [1.82, 2.24) is 9.97 Å². The number of carbonyl (C=O) groups is 2. The van der Waals surface area contributed by atoms with Crippen molar-refractivity contribution in [2.24, 2.45) is 0 Å². The monoisotopic (exact) mass is 513 g/mol. The number of anilines is 3. The predicted molar refractivity (Wildman–Crippen MR) is 135 cm³/mol. The fourth-order valence-corrected chi connectivity index (χ4v) is 4.40. The van der Waals surface area contributed by atoms with Gasteiger partial charge in [0.05, 0.1) is 21.3 Å². The molecule has 0 radical (unpaired) electrons. The molecule has 2 amide bonds. The average Bonchev–Trinajstić information content (AvgIpc) is 3.25. The van der Waals surface area contributed by atoms with Crippen LogP contribution in [0.1, 0.15) is 45.7 Å². The molecule has 36 heavy (non-hydrogen) atoms. The number of alkyl halides is 3. The van der Waals surface area contributed by atoms with Crippen LogP contribution in [0.4, 0.5) is 30.4 Å². The van der Waals surface area contributed by atoms with E-state index in [4.69, 9.17) is 0 Å². The first-order valence-corrected chi connectivity index (χ1v) is 11.8. The summed E-state index contributed by atoms with van der Waals surface area (Å²) >= 11 is 1.35. The zero-order valence-corrected chi connectivity index (χ0v) is 20.3. The lowest BCUT2D eigenvalue weighted by molar-refractivity contribution is -0.137. The molecular formula is C25H22F3N5O2S. The number of fused-ring (bicyclic) bond motifs is 1. The summed E-state index contributed by atoms with van der Waals surface area (Å²) in [6, 6.07) is 9.18. The maximum absolute atomic E-state index is 13.1. The average molecular weight is 514 g/mol. The van der Waals surface area contributed by atoms with Gasteiger partial charge in [0, 0.05) is 28.4 Å². The van der Waals surface area contributed by atoms with Crippen LogP contribution < -0.4 is 16.0 Å². The van der Waals surface area contributed by atoms with E-state index in [0.717, 1.165) is 16.8 Å². The minimum Gasteiger partial charge on any atom is -0.367 e. The predicted octanol–water partition coefficient (Wildman–Crippen LogP) is 6.34. The molecule has 0 spiro atoms. The first kappa shape index (κ1) is 25.1. The number of nitrogens with one attached hydrogen (secondary N) is 3. The highest BCUT2D eigenvalue weighted by Crippen LogP contribution is 2.32. The highest BCUT2D eigenvalue weighted by molar-refractivity contribution is 7.18. The van der Waals surface area contributed by atoms with Crippen LogP contribution in [0.5, 0.6) is 0 Å². The second-order valence-corrected chi connectivity index (χ2v) is 9.24. The zero-order chi connectivity index (χ0) is 26.0. The van der Waals surface area contributed by atoms with Crippen LogP contribution in [-0.4, -0.2) is 27.8 Å². The molecule has 0 saturated carbocycles. The minimum absolute atomic E-state index is 0.0104. The van der Waals surface area contributed by atoms with Gasteiger partial charge in [-0.2, -0.15) is 13.2 Å². The van der Waals surface area contributed by atoms with Crippen LogP contribution in [0.15, 0.2) is 54.2 Å². The molecule has 186 valence electrons. The fourth-order valence-electron chi connectivity index (χ4n) is 3.45. The van der Waals surface area contributed by atoms with E-state index in [2.05, 4.69) is 25.9 Å². The fraction of sp³-hybridized carbons (Fsp3) is 0.200.